The number of anilines is 1. The highest BCUT2D eigenvalue weighted by molar-refractivity contribution is 8.01. The molecule has 0 bridgehead atoms. The van der Waals surface area contributed by atoms with Crippen molar-refractivity contribution in [1.82, 2.24) is 0 Å². The molecule has 1 aliphatic heterocycles. The molecule has 1 N–H and O–H groups in total. The molecule has 0 atom stereocenters. The van der Waals surface area contributed by atoms with Crippen LogP contribution >= 0.6 is 11.8 Å². The smallest absolute Gasteiger partial charge is 0.241 e. The highest BCUT2D eigenvalue weighted by Gasteiger charge is 2.45. The van der Waals surface area contributed by atoms with Gasteiger partial charge in [-0.2, -0.15) is 0 Å². The van der Waals surface area contributed by atoms with Crippen LogP contribution in [-0.2, 0) is 4.79 Å². The van der Waals surface area contributed by atoms with Crippen molar-refractivity contribution in [3.8, 4) is 0 Å². The normalized spacial score (nSPS) is 21.9. The van der Waals surface area contributed by atoms with Gasteiger partial charge in [-0.15, -0.1) is 11.8 Å². The first-order valence-electron chi connectivity index (χ1n) is 5.81. The number of carbonyl (C=O) groups is 1. The summed E-state index contributed by atoms with van der Waals surface area (Å²) in [5, 5.41) is 3.10. The lowest BCUT2D eigenvalue weighted by Crippen LogP contribution is -2.40. The third-order valence-corrected chi connectivity index (χ3v) is 5.15. The molecule has 0 radical (unpaired) electrons. The molecule has 1 aliphatic carbocycles. The number of carbonyl (C=O) groups excluding carboxylic acids is 1. The molecule has 1 amide bonds. The van der Waals surface area contributed by atoms with Gasteiger partial charge in [-0.25, -0.2) is 0 Å². The molecule has 1 aromatic rings. The molecule has 16 heavy (non-hydrogen) atoms. The summed E-state index contributed by atoms with van der Waals surface area (Å²) in [6.07, 6.45) is 4.41. The number of fused-ring (bicyclic) bond motifs is 1. The van der Waals surface area contributed by atoms with Crippen molar-refractivity contribution in [2.24, 2.45) is 0 Å². The van der Waals surface area contributed by atoms with E-state index in [0.29, 0.717) is 0 Å². The van der Waals surface area contributed by atoms with Crippen molar-refractivity contribution in [1.29, 1.82) is 0 Å². The fraction of sp³-hybridized carbons (Fsp3) is 0.462. The lowest BCUT2D eigenvalue weighted by molar-refractivity contribution is -0.118. The van der Waals surface area contributed by atoms with E-state index in [1.54, 1.807) is 11.8 Å². The van der Waals surface area contributed by atoms with E-state index in [2.05, 4.69) is 17.4 Å². The summed E-state index contributed by atoms with van der Waals surface area (Å²) in [5.41, 5.74) is 2.18. The highest BCUT2D eigenvalue weighted by atomic mass is 32.2. The minimum Gasteiger partial charge on any atom is -0.324 e. The van der Waals surface area contributed by atoms with Gasteiger partial charge in [-0.1, -0.05) is 25.0 Å². The lowest BCUT2D eigenvalue weighted by atomic mass is 10.1. The van der Waals surface area contributed by atoms with Gasteiger partial charge in [0.2, 0.25) is 5.91 Å². The Labute approximate surface area is 99.8 Å². The number of aryl methyl sites for hydroxylation is 1. The summed E-state index contributed by atoms with van der Waals surface area (Å²) in [4.78, 5) is 13.4. The Morgan fingerprint density at radius 3 is 2.81 bits per heavy atom. The first kappa shape index (κ1) is 10.2. The van der Waals surface area contributed by atoms with E-state index in [1.165, 1.54) is 17.7 Å². The number of thioether (sulfide) groups is 1. The van der Waals surface area contributed by atoms with Crippen LogP contribution in [0.1, 0.15) is 31.2 Å². The second kappa shape index (κ2) is 3.52. The molecule has 0 unspecified atom stereocenters. The van der Waals surface area contributed by atoms with E-state index in [4.69, 9.17) is 0 Å². The number of rotatable bonds is 0. The molecule has 3 rings (SSSR count). The van der Waals surface area contributed by atoms with Gasteiger partial charge in [0.1, 0.15) is 0 Å². The van der Waals surface area contributed by atoms with Gasteiger partial charge in [0.15, 0.2) is 0 Å². The van der Waals surface area contributed by atoms with Gasteiger partial charge in [-0.05, 0) is 31.4 Å². The fourth-order valence-corrected chi connectivity index (χ4v) is 4.16. The Kier molecular flexibility index (Phi) is 2.25. The second-order valence-corrected chi connectivity index (χ2v) is 6.13. The number of hydrogen-bond donors (Lipinski definition) is 1. The van der Waals surface area contributed by atoms with E-state index in [9.17, 15) is 4.79 Å². The van der Waals surface area contributed by atoms with Crippen LogP contribution in [0.3, 0.4) is 0 Å². The second-order valence-electron chi connectivity index (χ2n) is 4.71. The largest absolute Gasteiger partial charge is 0.324 e. The molecule has 0 saturated heterocycles. The molecular weight excluding hydrogens is 218 g/mol. The maximum absolute atomic E-state index is 12.2. The van der Waals surface area contributed by atoms with Crippen molar-refractivity contribution in [2.45, 2.75) is 42.2 Å². The van der Waals surface area contributed by atoms with Crippen LogP contribution in [-0.4, -0.2) is 10.7 Å². The predicted molar refractivity (Wildman–Crippen MR) is 66.9 cm³/mol. The molecule has 0 aromatic heterocycles. The van der Waals surface area contributed by atoms with Crippen molar-refractivity contribution < 1.29 is 4.79 Å². The molecular formula is C13H15NOS. The van der Waals surface area contributed by atoms with E-state index < -0.39 is 0 Å². The van der Waals surface area contributed by atoms with E-state index in [0.717, 1.165) is 24.1 Å². The van der Waals surface area contributed by atoms with Crippen molar-refractivity contribution in [2.75, 3.05) is 5.32 Å². The van der Waals surface area contributed by atoms with Gasteiger partial charge < -0.3 is 5.32 Å². The van der Waals surface area contributed by atoms with Crippen LogP contribution in [0.25, 0.3) is 0 Å². The lowest BCUT2D eigenvalue weighted by Gasteiger charge is -2.33. The summed E-state index contributed by atoms with van der Waals surface area (Å²) < 4.78 is -0.166. The van der Waals surface area contributed by atoms with Gasteiger partial charge in [0, 0.05) is 4.90 Å². The standard InChI is InChI=1S/C13H15NOS/c1-9-5-4-6-10-11(9)14-12(15)13(16-10)7-2-3-8-13/h4-6H,2-3,7-8H2,1H3,(H,14,15). The molecule has 84 valence electrons. The van der Waals surface area contributed by atoms with Crippen LogP contribution in [0.5, 0.6) is 0 Å². The maximum atomic E-state index is 12.2. The molecule has 2 nitrogen and oxygen atoms in total. The van der Waals surface area contributed by atoms with Gasteiger partial charge in [0.25, 0.3) is 0 Å². The number of hydrogen-bond acceptors (Lipinski definition) is 2. The summed E-state index contributed by atoms with van der Waals surface area (Å²) in [5.74, 6) is 0.219. The zero-order valence-corrected chi connectivity index (χ0v) is 10.2. The summed E-state index contributed by atoms with van der Waals surface area (Å²) >= 11 is 1.78. The van der Waals surface area contributed by atoms with Crippen molar-refractivity contribution in [3.05, 3.63) is 23.8 Å². The topological polar surface area (TPSA) is 29.1 Å². The zero-order valence-electron chi connectivity index (χ0n) is 9.38. The minimum absolute atomic E-state index is 0.166. The van der Waals surface area contributed by atoms with Crippen LogP contribution in [0.4, 0.5) is 5.69 Å². The fourth-order valence-electron chi connectivity index (χ4n) is 2.65. The Hall–Kier alpha value is -0.960. The van der Waals surface area contributed by atoms with E-state index in [-0.39, 0.29) is 10.7 Å². The molecule has 1 saturated carbocycles. The third kappa shape index (κ3) is 1.38. The number of amides is 1. The van der Waals surface area contributed by atoms with E-state index in [1.807, 2.05) is 13.0 Å². The van der Waals surface area contributed by atoms with Gasteiger partial charge in [-0.3, -0.25) is 4.79 Å². The first-order valence-corrected chi connectivity index (χ1v) is 6.63. The molecule has 1 fully saturated rings. The van der Waals surface area contributed by atoms with Crippen LogP contribution in [0.2, 0.25) is 0 Å². The highest BCUT2D eigenvalue weighted by Crippen LogP contribution is 2.51. The van der Waals surface area contributed by atoms with E-state index >= 15 is 0 Å². The summed E-state index contributed by atoms with van der Waals surface area (Å²) in [6.45, 7) is 2.05. The molecule has 1 heterocycles. The quantitative estimate of drug-likeness (QED) is 0.744. The Morgan fingerprint density at radius 1 is 1.31 bits per heavy atom. The van der Waals surface area contributed by atoms with Crippen LogP contribution in [0, 0.1) is 6.92 Å². The number of para-hydroxylation sites is 1. The first-order chi connectivity index (χ1) is 7.71. The van der Waals surface area contributed by atoms with Crippen molar-refractivity contribution in [3.63, 3.8) is 0 Å². The van der Waals surface area contributed by atoms with Crippen molar-refractivity contribution >= 4 is 23.4 Å². The number of nitrogens with one attached hydrogen (secondary N) is 1. The summed E-state index contributed by atoms with van der Waals surface area (Å²) in [6, 6.07) is 6.24. The molecule has 3 heteroatoms. The summed E-state index contributed by atoms with van der Waals surface area (Å²) in [7, 11) is 0. The Balaban J connectivity index is 2.05. The predicted octanol–water partition coefficient (Wildman–Crippen LogP) is 3.35. The molecule has 1 spiro atoms. The molecule has 1 aromatic carbocycles. The van der Waals surface area contributed by atoms with Crippen LogP contribution in [0.15, 0.2) is 23.1 Å². The number of benzene rings is 1. The SMILES string of the molecule is Cc1cccc2c1NC(=O)C1(CCCC1)S2. The average Bonchev–Trinajstić information content (AvgIpc) is 2.71. The Morgan fingerprint density at radius 2 is 2.06 bits per heavy atom. The minimum atomic E-state index is -0.166. The third-order valence-electron chi connectivity index (χ3n) is 3.60. The van der Waals surface area contributed by atoms with Gasteiger partial charge in [0.05, 0.1) is 10.4 Å². The Bertz CT molecular complexity index is 449. The zero-order chi connectivity index (χ0) is 11.2. The monoisotopic (exact) mass is 233 g/mol. The molecule has 2 aliphatic rings. The average molecular weight is 233 g/mol. The van der Waals surface area contributed by atoms with Crippen LogP contribution < -0.4 is 5.32 Å². The van der Waals surface area contributed by atoms with Gasteiger partial charge >= 0.3 is 0 Å². The maximum Gasteiger partial charge on any atom is 0.241 e.